The maximum Gasteiger partial charge on any atom is 0.306 e. The van der Waals surface area contributed by atoms with Gasteiger partial charge >= 0.3 is 5.97 Å². The first-order valence-electron chi connectivity index (χ1n) is 27.1. The van der Waals surface area contributed by atoms with Crippen LogP contribution < -0.4 is 5.32 Å². The number of allylic oxidation sites excluding steroid dienone is 4. The Morgan fingerprint density at radius 1 is 0.492 bits per heavy atom. The summed E-state index contributed by atoms with van der Waals surface area (Å²) in [5.41, 5.74) is 0. The first-order valence-corrected chi connectivity index (χ1v) is 27.1. The zero-order chi connectivity index (χ0) is 44.5. The Morgan fingerprint density at radius 2 is 0.885 bits per heavy atom. The molecule has 1 amide bonds. The van der Waals surface area contributed by atoms with Crippen molar-refractivity contribution in [1.29, 1.82) is 0 Å². The Morgan fingerprint density at radius 3 is 1.33 bits per heavy atom. The molecule has 0 fully saturated rings. The normalized spacial score (nSPS) is 13.3. The molecule has 0 aliphatic heterocycles. The van der Waals surface area contributed by atoms with Gasteiger partial charge in [-0.2, -0.15) is 0 Å². The number of carbonyl (C=O) groups is 2. The van der Waals surface area contributed by atoms with Crippen molar-refractivity contribution in [1.82, 2.24) is 5.32 Å². The molecule has 0 saturated heterocycles. The van der Waals surface area contributed by atoms with Crippen molar-refractivity contribution < 1.29 is 24.5 Å². The zero-order valence-corrected chi connectivity index (χ0v) is 41.1. The second-order valence-electron chi connectivity index (χ2n) is 18.6. The highest BCUT2D eigenvalue weighted by molar-refractivity contribution is 5.77. The minimum atomic E-state index is -0.787. The standard InChI is InChI=1S/C55H105NO5/c1-4-7-10-13-16-19-22-25-26-27-28-29-30-33-36-39-42-45-48-55(60)61-51(46-43-40-37-34-31-23-20-17-14-11-8-5-2)49-54(59)56-52(50-57)53(58)47-44-41-38-35-32-24-21-18-15-12-9-6-3/h8,11,17,20,51-53,57-58H,4-7,9-10,12-16,18-19,21-50H2,1-3H3,(H,56,59)/b11-8+,20-17+. The number of esters is 1. The van der Waals surface area contributed by atoms with Crippen LogP contribution in [0.15, 0.2) is 24.3 Å². The molecule has 6 nitrogen and oxygen atoms in total. The first-order chi connectivity index (χ1) is 30.0. The molecule has 0 aromatic rings. The van der Waals surface area contributed by atoms with Gasteiger partial charge in [0.15, 0.2) is 0 Å². The van der Waals surface area contributed by atoms with Gasteiger partial charge in [0.25, 0.3) is 0 Å². The number of unbranched alkanes of at least 4 members (excludes halogenated alkanes) is 33. The van der Waals surface area contributed by atoms with Crippen LogP contribution >= 0.6 is 0 Å². The third-order valence-electron chi connectivity index (χ3n) is 12.5. The molecule has 0 rings (SSSR count). The van der Waals surface area contributed by atoms with Crippen molar-refractivity contribution in [2.75, 3.05) is 6.61 Å². The number of aliphatic hydroxyl groups excluding tert-OH is 2. The lowest BCUT2D eigenvalue weighted by molar-refractivity contribution is -0.151. The lowest BCUT2D eigenvalue weighted by Gasteiger charge is -2.24. The van der Waals surface area contributed by atoms with Crippen LogP contribution in [0.25, 0.3) is 0 Å². The van der Waals surface area contributed by atoms with E-state index in [2.05, 4.69) is 50.4 Å². The van der Waals surface area contributed by atoms with Gasteiger partial charge in [-0.1, -0.05) is 251 Å². The first kappa shape index (κ1) is 59.3. The van der Waals surface area contributed by atoms with E-state index in [1.54, 1.807) is 0 Å². The maximum atomic E-state index is 13.2. The third-order valence-corrected chi connectivity index (χ3v) is 12.5. The molecule has 0 aliphatic carbocycles. The molecule has 0 heterocycles. The van der Waals surface area contributed by atoms with E-state index >= 15 is 0 Å². The van der Waals surface area contributed by atoms with E-state index in [0.717, 1.165) is 70.6 Å². The summed E-state index contributed by atoms with van der Waals surface area (Å²) < 4.78 is 5.94. The van der Waals surface area contributed by atoms with Crippen molar-refractivity contribution in [3.8, 4) is 0 Å². The molecule has 0 aliphatic rings. The molecular weight excluding hydrogens is 755 g/mol. The van der Waals surface area contributed by atoms with Gasteiger partial charge in [0.2, 0.25) is 5.91 Å². The molecule has 0 spiro atoms. The van der Waals surface area contributed by atoms with Gasteiger partial charge in [0, 0.05) is 6.42 Å². The van der Waals surface area contributed by atoms with E-state index < -0.39 is 18.2 Å². The fraction of sp³-hybridized carbons (Fsp3) is 0.891. The highest BCUT2D eigenvalue weighted by Crippen LogP contribution is 2.18. The summed E-state index contributed by atoms with van der Waals surface area (Å²) in [6, 6.07) is -0.701. The number of ether oxygens (including phenoxy) is 1. The predicted octanol–water partition coefficient (Wildman–Crippen LogP) is 16.3. The Bertz CT molecular complexity index is 966. The zero-order valence-electron chi connectivity index (χ0n) is 41.1. The Kier molecular flexibility index (Phi) is 48.0. The van der Waals surface area contributed by atoms with Crippen molar-refractivity contribution in [2.45, 2.75) is 309 Å². The van der Waals surface area contributed by atoms with Crippen molar-refractivity contribution in [3.05, 3.63) is 24.3 Å². The number of carbonyl (C=O) groups excluding carboxylic acids is 2. The van der Waals surface area contributed by atoms with E-state index in [1.165, 1.54) is 173 Å². The predicted molar refractivity (Wildman–Crippen MR) is 264 cm³/mol. The molecule has 3 N–H and O–H groups in total. The van der Waals surface area contributed by atoms with Crippen molar-refractivity contribution in [2.24, 2.45) is 0 Å². The van der Waals surface area contributed by atoms with E-state index in [9.17, 15) is 19.8 Å². The molecular formula is C55H105NO5. The smallest absolute Gasteiger partial charge is 0.306 e. The van der Waals surface area contributed by atoms with Gasteiger partial charge in [-0.3, -0.25) is 9.59 Å². The molecule has 3 atom stereocenters. The van der Waals surface area contributed by atoms with Crippen LogP contribution in [0.4, 0.5) is 0 Å². The monoisotopic (exact) mass is 860 g/mol. The molecule has 0 aromatic heterocycles. The largest absolute Gasteiger partial charge is 0.462 e. The second kappa shape index (κ2) is 49.4. The topological polar surface area (TPSA) is 95.9 Å². The number of hydrogen-bond donors (Lipinski definition) is 3. The van der Waals surface area contributed by atoms with Gasteiger partial charge in [0.05, 0.1) is 25.2 Å². The van der Waals surface area contributed by atoms with Crippen LogP contribution in [0.2, 0.25) is 0 Å². The molecule has 61 heavy (non-hydrogen) atoms. The summed E-state index contributed by atoms with van der Waals surface area (Å²) >= 11 is 0. The van der Waals surface area contributed by atoms with E-state index in [-0.39, 0.29) is 24.9 Å². The maximum absolute atomic E-state index is 13.2. The van der Waals surface area contributed by atoms with Crippen LogP contribution in [-0.2, 0) is 14.3 Å². The highest BCUT2D eigenvalue weighted by atomic mass is 16.5. The minimum absolute atomic E-state index is 0.0734. The highest BCUT2D eigenvalue weighted by Gasteiger charge is 2.24. The van der Waals surface area contributed by atoms with Gasteiger partial charge in [-0.15, -0.1) is 0 Å². The summed E-state index contributed by atoms with van der Waals surface area (Å²) in [7, 11) is 0. The quantitative estimate of drug-likeness (QED) is 0.0322. The molecule has 0 bridgehead atoms. The summed E-state index contributed by atoms with van der Waals surface area (Å²) in [6.07, 6.45) is 56.7. The molecule has 0 radical (unpaired) electrons. The summed E-state index contributed by atoms with van der Waals surface area (Å²) in [5, 5.41) is 23.8. The summed E-state index contributed by atoms with van der Waals surface area (Å²) in [6.45, 7) is 6.40. The Hall–Kier alpha value is -1.66. The number of aliphatic hydroxyl groups is 2. The number of amides is 1. The van der Waals surface area contributed by atoms with Crippen molar-refractivity contribution in [3.63, 3.8) is 0 Å². The molecule has 3 unspecified atom stereocenters. The number of hydrogen-bond acceptors (Lipinski definition) is 5. The number of nitrogens with one attached hydrogen (secondary N) is 1. The van der Waals surface area contributed by atoms with E-state index in [1.807, 2.05) is 0 Å². The van der Waals surface area contributed by atoms with Crippen LogP contribution in [0, 0.1) is 0 Å². The van der Waals surface area contributed by atoms with Gasteiger partial charge in [0.1, 0.15) is 6.10 Å². The fourth-order valence-electron chi connectivity index (χ4n) is 8.47. The van der Waals surface area contributed by atoms with E-state index in [0.29, 0.717) is 19.3 Å². The van der Waals surface area contributed by atoms with E-state index in [4.69, 9.17) is 4.74 Å². The lowest BCUT2D eigenvalue weighted by Crippen LogP contribution is -2.46. The number of rotatable bonds is 49. The van der Waals surface area contributed by atoms with Crippen molar-refractivity contribution >= 4 is 11.9 Å². The summed E-state index contributed by atoms with van der Waals surface area (Å²) in [4.78, 5) is 26.2. The lowest BCUT2D eigenvalue weighted by atomic mass is 10.0. The third kappa shape index (κ3) is 44.7. The Balaban J connectivity index is 4.48. The SMILES string of the molecule is CC/C=C/C/C=C/CCCCCCCC(CC(=O)NC(CO)C(O)CCCCCCCCCCCCCC)OC(=O)CCCCCCCCCCCCCCCCCCCC. The van der Waals surface area contributed by atoms with Crippen LogP contribution in [0.1, 0.15) is 290 Å². The van der Waals surface area contributed by atoms with Gasteiger partial charge in [-0.05, 0) is 51.4 Å². The van der Waals surface area contributed by atoms with Crippen LogP contribution in [0.5, 0.6) is 0 Å². The minimum Gasteiger partial charge on any atom is -0.462 e. The second-order valence-corrected chi connectivity index (χ2v) is 18.6. The van der Waals surface area contributed by atoms with Gasteiger partial charge < -0.3 is 20.3 Å². The Labute approximate surface area is 380 Å². The molecule has 0 saturated carbocycles. The summed E-state index contributed by atoms with van der Waals surface area (Å²) in [5.74, 6) is -0.472. The average molecular weight is 860 g/mol. The average Bonchev–Trinajstić information content (AvgIpc) is 3.25. The van der Waals surface area contributed by atoms with Crippen LogP contribution in [-0.4, -0.2) is 46.9 Å². The van der Waals surface area contributed by atoms with Crippen LogP contribution in [0.3, 0.4) is 0 Å². The molecule has 6 heteroatoms. The fourth-order valence-corrected chi connectivity index (χ4v) is 8.47. The van der Waals surface area contributed by atoms with Gasteiger partial charge in [-0.25, -0.2) is 0 Å². The molecule has 360 valence electrons. The molecule has 0 aromatic carbocycles.